The van der Waals surface area contributed by atoms with E-state index in [9.17, 15) is 5.11 Å². The van der Waals surface area contributed by atoms with Crippen LogP contribution in [-0.2, 0) is 6.54 Å². The van der Waals surface area contributed by atoms with E-state index in [1.165, 1.54) is 11.8 Å². The van der Waals surface area contributed by atoms with Gasteiger partial charge in [-0.1, -0.05) is 17.8 Å². The standard InChI is InChI=1S/C14H15N3O2S2/c1-4-7-17-11-8-9(19-2)5-6-10(11)12(13(17)18)15-16-14(20)21-3/h4-6,8,18H,1,7H2,2-3H3. The molecule has 0 saturated carbocycles. The lowest BCUT2D eigenvalue weighted by Gasteiger charge is -2.04. The maximum atomic E-state index is 10.4. The Balaban J connectivity index is 2.64. The van der Waals surface area contributed by atoms with E-state index < -0.39 is 0 Å². The van der Waals surface area contributed by atoms with Crippen LogP contribution in [0.5, 0.6) is 11.6 Å². The number of nitrogens with zero attached hydrogens (tertiary/aromatic N) is 3. The maximum absolute atomic E-state index is 10.4. The third-order valence-corrected chi connectivity index (χ3v) is 3.95. The first kappa shape index (κ1) is 15.5. The average Bonchev–Trinajstić information content (AvgIpc) is 2.77. The van der Waals surface area contributed by atoms with E-state index in [0.717, 1.165) is 10.9 Å². The first-order chi connectivity index (χ1) is 10.1. The largest absolute Gasteiger partial charge is 0.497 e. The first-order valence-electron chi connectivity index (χ1n) is 6.12. The van der Waals surface area contributed by atoms with Crippen molar-refractivity contribution in [3.8, 4) is 11.6 Å². The number of ether oxygens (including phenoxy) is 1. The van der Waals surface area contributed by atoms with E-state index in [4.69, 9.17) is 17.0 Å². The van der Waals surface area contributed by atoms with Crippen LogP contribution in [0.1, 0.15) is 0 Å². The lowest BCUT2D eigenvalue weighted by molar-refractivity contribution is 0.414. The van der Waals surface area contributed by atoms with Crippen molar-refractivity contribution in [1.29, 1.82) is 0 Å². The van der Waals surface area contributed by atoms with Crippen LogP contribution in [0.15, 0.2) is 41.1 Å². The monoisotopic (exact) mass is 321 g/mol. The van der Waals surface area contributed by atoms with Gasteiger partial charge in [-0.2, -0.15) is 0 Å². The van der Waals surface area contributed by atoms with Crippen molar-refractivity contribution in [3.63, 3.8) is 0 Å². The van der Waals surface area contributed by atoms with Crippen molar-refractivity contribution >= 4 is 44.9 Å². The SMILES string of the molecule is C=CCn1c(O)c(N=NC(=S)SC)c2ccc(OC)cc21. The minimum Gasteiger partial charge on any atom is -0.497 e. The van der Waals surface area contributed by atoms with Gasteiger partial charge in [0.1, 0.15) is 5.75 Å². The molecule has 2 rings (SSSR count). The highest BCUT2D eigenvalue weighted by Crippen LogP contribution is 2.40. The van der Waals surface area contributed by atoms with Crippen LogP contribution in [0, 0.1) is 0 Å². The molecule has 0 fully saturated rings. The molecule has 0 spiro atoms. The number of azo groups is 1. The molecule has 1 aromatic heterocycles. The van der Waals surface area contributed by atoms with Gasteiger partial charge in [0, 0.05) is 18.0 Å². The van der Waals surface area contributed by atoms with Crippen LogP contribution in [0.3, 0.4) is 0 Å². The zero-order chi connectivity index (χ0) is 15.4. The number of hydrogen-bond acceptors (Lipinski definition) is 5. The Morgan fingerprint density at radius 2 is 2.33 bits per heavy atom. The normalized spacial score (nSPS) is 11.1. The van der Waals surface area contributed by atoms with Crippen LogP contribution in [0.25, 0.3) is 10.9 Å². The molecular weight excluding hydrogens is 306 g/mol. The van der Waals surface area contributed by atoms with Gasteiger partial charge in [-0.05, 0) is 30.6 Å². The van der Waals surface area contributed by atoms with E-state index in [0.29, 0.717) is 22.3 Å². The molecule has 0 aliphatic carbocycles. The first-order valence-corrected chi connectivity index (χ1v) is 7.75. The number of aromatic hydroxyl groups is 1. The summed E-state index contributed by atoms with van der Waals surface area (Å²) in [7, 11) is 1.60. The molecule has 7 heteroatoms. The third kappa shape index (κ3) is 3.08. The molecule has 0 radical (unpaired) electrons. The smallest absolute Gasteiger partial charge is 0.221 e. The van der Waals surface area contributed by atoms with Gasteiger partial charge in [-0.25, -0.2) is 0 Å². The Morgan fingerprint density at radius 1 is 1.57 bits per heavy atom. The molecule has 110 valence electrons. The molecule has 1 N–H and O–H groups in total. The quantitative estimate of drug-likeness (QED) is 0.519. The second kappa shape index (κ2) is 6.73. The fourth-order valence-electron chi connectivity index (χ4n) is 1.97. The summed E-state index contributed by atoms with van der Waals surface area (Å²) >= 11 is 6.32. The number of allylic oxidation sites excluding steroid dienone is 1. The predicted molar refractivity (Wildman–Crippen MR) is 91.0 cm³/mol. The third-order valence-electron chi connectivity index (χ3n) is 2.94. The number of hydrogen-bond donors (Lipinski definition) is 1. The molecule has 5 nitrogen and oxygen atoms in total. The second-order valence-electron chi connectivity index (χ2n) is 4.12. The number of aromatic nitrogens is 1. The van der Waals surface area contributed by atoms with Crippen LogP contribution < -0.4 is 4.74 Å². The zero-order valence-electron chi connectivity index (χ0n) is 11.7. The van der Waals surface area contributed by atoms with Crippen molar-refractivity contribution in [3.05, 3.63) is 30.9 Å². The summed E-state index contributed by atoms with van der Waals surface area (Å²) in [5.74, 6) is 0.735. The summed E-state index contributed by atoms with van der Waals surface area (Å²) in [4.78, 5) is 0. The fourth-order valence-corrected chi connectivity index (χ4v) is 2.13. The number of thiocarbonyl (C=S) groups is 1. The second-order valence-corrected chi connectivity index (χ2v) is 5.56. The van der Waals surface area contributed by atoms with Crippen LogP contribution >= 0.6 is 24.0 Å². The Morgan fingerprint density at radius 3 is 2.95 bits per heavy atom. The lowest BCUT2D eigenvalue weighted by Crippen LogP contribution is -1.93. The maximum Gasteiger partial charge on any atom is 0.221 e. The molecule has 2 aromatic rings. The molecule has 0 saturated heterocycles. The number of fused-ring (bicyclic) bond motifs is 1. The van der Waals surface area contributed by atoms with Crippen molar-refractivity contribution in [2.24, 2.45) is 10.2 Å². The molecule has 0 bridgehead atoms. The Bertz CT molecular complexity index is 723. The Labute approximate surface area is 132 Å². The van der Waals surface area contributed by atoms with E-state index in [-0.39, 0.29) is 5.88 Å². The van der Waals surface area contributed by atoms with Crippen molar-refractivity contribution in [2.75, 3.05) is 13.4 Å². The Kier molecular flexibility index (Phi) is 4.98. The van der Waals surface area contributed by atoms with Crippen molar-refractivity contribution < 1.29 is 9.84 Å². The fraction of sp³-hybridized carbons (Fsp3) is 0.214. The highest BCUT2D eigenvalue weighted by molar-refractivity contribution is 8.22. The summed E-state index contributed by atoms with van der Waals surface area (Å²) in [6.07, 6.45) is 3.53. The molecule has 21 heavy (non-hydrogen) atoms. The topological polar surface area (TPSA) is 59.1 Å². The summed E-state index contributed by atoms with van der Waals surface area (Å²) in [5, 5.41) is 19.2. The summed E-state index contributed by atoms with van der Waals surface area (Å²) in [6, 6.07) is 5.49. The molecule has 0 amide bonds. The highest BCUT2D eigenvalue weighted by Gasteiger charge is 2.16. The minimum absolute atomic E-state index is 0.0332. The highest BCUT2D eigenvalue weighted by atomic mass is 32.2. The zero-order valence-corrected chi connectivity index (χ0v) is 13.4. The van der Waals surface area contributed by atoms with Gasteiger partial charge < -0.3 is 14.4 Å². The lowest BCUT2D eigenvalue weighted by atomic mass is 10.2. The van der Waals surface area contributed by atoms with E-state index in [1.54, 1.807) is 17.8 Å². The molecular formula is C14H15N3O2S2. The van der Waals surface area contributed by atoms with E-state index >= 15 is 0 Å². The Hall–Kier alpha value is -1.86. The van der Waals surface area contributed by atoms with Gasteiger partial charge in [0.05, 0.1) is 12.6 Å². The van der Waals surface area contributed by atoms with E-state index in [1.807, 2.05) is 24.5 Å². The molecule has 0 aliphatic rings. The van der Waals surface area contributed by atoms with Gasteiger partial charge in [0.25, 0.3) is 0 Å². The van der Waals surface area contributed by atoms with Gasteiger partial charge in [-0.3, -0.25) is 0 Å². The predicted octanol–water partition coefficient (Wildman–Crippen LogP) is 4.27. The van der Waals surface area contributed by atoms with Crippen LogP contribution in [0.4, 0.5) is 5.69 Å². The minimum atomic E-state index is 0.0332. The molecule has 1 heterocycles. The summed E-state index contributed by atoms with van der Waals surface area (Å²) < 4.78 is 7.33. The van der Waals surface area contributed by atoms with Crippen molar-refractivity contribution in [1.82, 2.24) is 4.57 Å². The number of rotatable bonds is 4. The molecule has 1 aromatic carbocycles. The number of benzene rings is 1. The van der Waals surface area contributed by atoms with Crippen molar-refractivity contribution in [2.45, 2.75) is 6.54 Å². The summed E-state index contributed by atoms with van der Waals surface area (Å²) in [5.41, 5.74) is 1.20. The molecule has 0 atom stereocenters. The molecule has 0 aliphatic heterocycles. The number of methoxy groups -OCH3 is 1. The van der Waals surface area contributed by atoms with Crippen LogP contribution in [-0.4, -0.2) is 27.4 Å². The van der Waals surface area contributed by atoms with Gasteiger partial charge >= 0.3 is 0 Å². The average molecular weight is 321 g/mol. The van der Waals surface area contributed by atoms with E-state index in [2.05, 4.69) is 16.8 Å². The number of thioether (sulfide) groups is 1. The summed E-state index contributed by atoms with van der Waals surface area (Å²) in [6.45, 7) is 4.16. The van der Waals surface area contributed by atoms with Crippen LogP contribution in [0.2, 0.25) is 0 Å². The van der Waals surface area contributed by atoms with Gasteiger partial charge in [-0.15, -0.1) is 16.8 Å². The molecule has 0 unspecified atom stereocenters. The van der Waals surface area contributed by atoms with Gasteiger partial charge in [0.2, 0.25) is 5.88 Å². The van der Waals surface area contributed by atoms with Gasteiger partial charge in [0.15, 0.2) is 10.0 Å².